The van der Waals surface area contributed by atoms with Gasteiger partial charge in [0.2, 0.25) is 0 Å². The molecule has 0 bridgehead atoms. The normalized spacial score (nSPS) is 19.5. The van der Waals surface area contributed by atoms with E-state index in [-0.39, 0.29) is 18.6 Å². The van der Waals surface area contributed by atoms with Crippen molar-refractivity contribution in [3.05, 3.63) is 57.8 Å². The molecule has 0 radical (unpaired) electrons. The molecular weight excluding hydrogens is 282 g/mol. The Morgan fingerprint density at radius 1 is 1.33 bits per heavy atom. The lowest BCUT2D eigenvalue weighted by Crippen LogP contribution is -2.26. The van der Waals surface area contributed by atoms with E-state index >= 15 is 0 Å². The number of benzene rings is 1. The molecule has 4 heteroatoms. The second-order valence-corrected chi connectivity index (χ2v) is 5.87. The number of aliphatic hydroxyl groups excluding tert-OH is 1. The molecule has 1 heterocycles. The first-order valence-electron chi connectivity index (χ1n) is 6.82. The fourth-order valence-electron chi connectivity index (χ4n) is 2.38. The molecule has 1 fully saturated rings. The van der Waals surface area contributed by atoms with Crippen LogP contribution in [0, 0.1) is 11.8 Å². The van der Waals surface area contributed by atoms with Crippen molar-refractivity contribution in [3.63, 3.8) is 0 Å². The van der Waals surface area contributed by atoms with Gasteiger partial charge in [-0.3, -0.25) is 4.79 Å². The maximum Gasteiger partial charge on any atom is 0.262 e. The number of rotatable bonds is 3. The van der Waals surface area contributed by atoms with Gasteiger partial charge in [-0.25, -0.2) is 0 Å². The van der Waals surface area contributed by atoms with Gasteiger partial charge in [-0.15, -0.1) is 11.3 Å². The quantitative estimate of drug-likeness (QED) is 0.855. The first-order valence-corrected chi connectivity index (χ1v) is 7.70. The molecule has 1 aromatic heterocycles. The zero-order valence-electron chi connectivity index (χ0n) is 11.4. The Kier molecular flexibility index (Phi) is 4.05. The highest BCUT2D eigenvalue weighted by molar-refractivity contribution is 7.12. The largest absolute Gasteiger partial charge is 0.384 e. The number of nitrogens with one attached hydrogen (secondary N) is 1. The predicted octanol–water partition coefficient (Wildman–Crippen LogP) is 2.38. The number of thiophene rings is 1. The SMILES string of the molecule is O=C(NC1CC1c1ccccc1)c1sccc1C#CCO. The van der Waals surface area contributed by atoms with Gasteiger partial charge in [-0.2, -0.15) is 0 Å². The summed E-state index contributed by atoms with van der Waals surface area (Å²) in [5.41, 5.74) is 1.96. The molecule has 2 aromatic rings. The molecule has 1 aliphatic carbocycles. The third kappa shape index (κ3) is 3.15. The third-order valence-electron chi connectivity index (χ3n) is 3.51. The van der Waals surface area contributed by atoms with Crippen molar-refractivity contribution in [1.82, 2.24) is 5.32 Å². The van der Waals surface area contributed by atoms with E-state index in [2.05, 4.69) is 29.3 Å². The maximum atomic E-state index is 12.3. The van der Waals surface area contributed by atoms with Crippen LogP contribution in [0.25, 0.3) is 0 Å². The minimum atomic E-state index is -0.199. The molecule has 0 aliphatic heterocycles. The second kappa shape index (κ2) is 6.13. The van der Waals surface area contributed by atoms with Gasteiger partial charge in [-0.05, 0) is 23.4 Å². The van der Waals surface area contributed by atoms with Gasteiger partial charge >= 0.3 is 0 Å². The molecule has 3 nitrogen and oxygen atoms in total. The van der Waals surface area contributed by atoms with Crippen molar-refractivity contribution < 1.29 is 9.90 Å². The lowest BCUT2D eigenvalue weighted by molar-refractivity contribution is 0.0954. The molecule has 0 spiro atoms. The van der Waals surface area contributed by atoms with Crippen LogP contribution in [0.5, 0.6) is 0 Å². The molecule has 1 amide bonds. The van der Waals surface area contributed by atoms with E-state index in [1.165, 1.54) is 16.9 Å². The first-order chi connectivity index (χ1) is 10.3. The van der Waals surface area contributed by atoms with Crippen LogP contribution in [-0.4, -0.2) is 23.7 Å². The van der Waals surface area contributed by atoms with Gasteiger partial charge in [-0.1, -0.05) is 42.2 Å². The van der Waals surface area contributed by atoms with E-state index in [4.69, 9.17) is 5.11 Å². The number of carbonyl (C=O) groups excluding carboxylic acids is 1. The summed E-state index contributed by atoms with van der Waals surface area (Å²) in [5, 5.41) is 13.6. The van der Waals surface area contributed by atoms with E-state index in [0.717, 1.165) is 6.42 Å². The summed E-state index contributed by atoms with van der Waals surface area (Å²) >= 11 is 1.38. The summed E-state index contributed by atoms with van der Waals surface area (Å²) in [4.78, 5) is 12.9. The average molecular weight is 297 g/mol. The second-order valence-electron chi connectivity index (χ2n) is 4.96. The van der Waals surface area contributed by atoms with E-state index in [1.54, 1.807) is 0 Å². The minimum absolute atomic E-state index is 0.0735. The lowest BCUT2D eigenvalue weighted by atomic mass is 10.1. The number of amides is 1. The zero-order chi connectivity index (χ0) is 14.7. The summed E-state index contributed by atoms with van der Waals surface area (Å²) in [6.45, 7) is -0.199. The monoisotopic (exact) mass is 297 g/mol. The first kappa shape index (κ1) is 13.9. The number of hydrogen-bond donors (Lipinski definition) is 2. The molecule has 106 valence electrons. The fourth-order valence-corrected chi connectivity index (χ4v) is 3.13. The van der Waals surface area contributed by atoms with Crippen molar-refractivity contribution >= 4 is 17.2 Å². The minimum Gasteiger partial charge on any atom is -0.384 e. The van der Waals surface area contributed by atoms with Crippen LogP contribution in [-0.2, 0) is 0 Å². The van der Waals surface area contributed by atoms with Crippen molar-refractivity contribution in [3.8, 4) is 11.8 Å². The zero-order valence-corrected chi connectivity index (χ0v) is 12.2. The number of carbonyl (C=O) groups is 1. The standard InChI is InChI=1S/C17H15NO2S/c19-9-4-7-13-8-10-21-16(13)17(20)18-15-11-14(15)12-5-2-1-3-6-12/h1-3,5-6,8,10,14-15,19H,9,11H2,(H,18,20). The van der Waals surface area contributed by atoms with Crippen LogP contribution >= 0.6 is 11.3 Å². The van der Waals surface area contributed by atoms with Gasteiger partial charge < -0.3 is 10.4 Å². The Bertz CT molecular complexity index is 696. The molecule has 1 aromatic carbocycles. The van der Waals surface area contributed by atoms with Gasteiger partial charge in [0.05, 0.1) is 0 Å². The lowest BCUT2D eigenvalue weighted by Gasteiger charge is -2.04. The Morgan fingerprint density at radius 3 is 2.90 bits per heavy atom. The number of hydrogen-bond acceptors (Lipinski definition) is 3. The van der Waals surface area contributed by atoms with Crippen molar-refractivity contribution in [2.24, 2.45) is 0 Å². The van der Waals surface area contributed by atoms with Crippen LogP contribution in [0.15, 0.2) is 41.8 Å². The maximum absolute atomic E-state index is 12.3. The highest BCUT2D eigenvalue weighted by Gasteiger charge is 2.39. The summed E-state index contributed by atoms with van der Waals surface area (Å²) in [6.07, 6.45) is 0.985. The fraction of sp³-hybridized carbons (Fsp3) is 0.235. The molecule has 0 saturated heterocycles. The molecule has 2 unspecified atom stereocenters. The molecule has 1 saturated carbocycles. The summed E-state index contributed by atoms with van der Waals surface area (Å²) in [5.74, 6) is 5.74. The van der Waals surface area contributed by atoms with Gasteiger partial charge in [0, 0.05) is 17.5 Å². The van der Waals surface area contributed by atoms with Crippen LogP contribution in [0.3, 0.4) is 0 Å². The Hall–Kier alpha value is -2.09. The molecule has 2 atom stereocenters. The molecule has 2 N–H and O–H groups in total. The Balaban J connectivity index is 1.65. The Labute approximate surface area is 127 Å². The summed E-state index contributed by atoms with van der Waals surface area (Å²) in [7, 11) is 0. The van der Waals surface area contributed by atoms with Crippen molar-refractivity contribution in [1.29, 1.82) is 0 Å². The third-order valence-corrected chi connectivity index (χ3v) is 4.42. The van der Waals surface area contributed by atoms with Crippen LogP contribution in [0.2, 0.25) is 0 Å². The van der Waals surface area contributed by atoms with E-state index in [0.29, 0.717) is 16.4 Å². The van der Waals surface area contributed by atoms with E-state index < -0.39 is 0 Å². The van der Waals surface area contributed by atoms with E-state index in [1.807, 2.05) is 29.6 Å². The van der Waals surface area contributed by atoms with Crippen LogP contribution in [0.4, 0.5) is 0 Å². The highest BCUT2D eigenvalue weighted by atomic mass is 32.1. The molecule has 3 rings (SSSR count). The number of aliphatic hydroxyl groups is 1. The molecule has 21 heavy (non-hydrogen) atoms. The van der Waals surface area contributed by atoms with Crippen molar-refractivity contribution in [2.45, 2.75) is 18.4 Å². The topological polar surface area (TPSA) is 49.3 Å². The average Bonchev–Trinajstić information content (AvgIpc) is 3.11. The van der Waals surface area contributed by atoms with E-state index in [9.17, 15) is 4.79 Å². The summed E-state index contributed by atoms with van der Waals surface area (Å²) in [6, 6.07) is 12.3. The smallest absolute Gasteiger partial charge is 0.262 e. The predicted molar refractivity (Wildman–Crippen MR) is 83.3 cm³/mol. The van der Waals surface area contributed by atoms with Gasteiger partial charge in [0.1, 0.15) is 11.5 Å². The summed E-state index contributed by atoms with van der Waals surface area (Å²) < 4.78 is 0. The molecular formula is C17H15NO2S. The van der Waals surface area contributed by atoms with Gasteiger partial charge in [0.15, 0.2) is 0 Å². The van der Waals surface area contributed by atoms with Gasteiger partial charge in [0.25, 0.3) is 5.91 Å². The van der Waals surface area contributed by atoms with Crippen molar-refractivity contribution in [2.75, 3.05) is 6.61 Å². The van der Waals surface area contributed by atoms with Crippen LogP contribution < -0.4 is 5.32 Å². The molecule has 1 aliphatic rings. The Morgan fingerprint density at radius 2 is 2.14 bits per heavy atom. The van der Waals surface area contributed by atoms with Crippen LogP contribution in [0.1, 0.15) is 33.1 Å². The highest BCUT2D eigenvalue weighted by Crippen LogP contribution is 2.40.